The number of carboxylic acids is 1. The molecule has 0 aliphatic carbocycles. The van der Waals surface area contributed by atoms with Gasteiger partial charge in [0.05, 0.1) is 5.92 Å². The first-order valence-corrected chi connectivity index (χ1v) is 6.04. The summed E-state index contributed by atoms with van der Waals surface area (Å²) >= 11 is 3.28. The molecule has 1 heterocycles. The number of carboxylic acid groups (broad SMARTS) is 1. The number of nitrogens with zero attached hydrogens (tertiary/aromatic N) is 1. The number of hydrogen-bond donors (Lipinski definition) is 2. The van der Waals surface area contributed by atoms with Gasteiger partial charge in [-0.2, -0.15) is 0 Å². The molecule has 0 radical (unpaired) electrons. The van der Waals surface area contributed by atoms with Gasteiger partial charge in [-0.05, 0) is 28.4 Å². The predicted octanol–water partition coefficient (Wildman–Crippen LogP) is 1.63. The minimum atomic E-state index is -0.846. The van der Waals surface area contributed by atoms with Crippen LogP contribution < -0.4 is 5.32 Å². The summed E-state index contributed by atoms with van der Waals surface area (Å²) in [5, 5.41) is 11.4. The zero-order valence-corrected chi connectivity index (χ0v) is 11.3. The molecule has 0 aromatic carbocycles. The normalized spacial score (nSPS) is 12.2. The molecule has 1 atom stereocenters. The van der Waals surface area contributed by atoms with Crippen LogP contribution in [0.25, 0.3) is 0 Å². The molecule has 94 valence electrons. The first-order chi connectivity index (χ1) is 7.91. The predicted molar refractivity (Wildman–Crippen MR) is 66.9 cm³/mol. The lowest BCUT2D eigenvalue weighted by molar-refractivity contribution is -0.141. The van der Waals surface area contributed by atoms with Crippen molar-refractivity contribution >= 4 is 27.8 Å². The Morgan fingerprint density at radius 2 is 2.24 bits per heavy atom. The van der Waals surface area contributed by atoms with E-state index in [0.29, 0.717) is 18.7 Å². The number of halogens is 1. The molecule has 17 heavy (non-hydrogen) atoms. The lowest BCUT2D eigenvalue weighted by Gasteiger charge is -2.08. The van der Waals surface area contributed by atoms with Gasteiger partial charge in [-0.15, -0.1) is 0 Å². The van der Waals surface area contributed by atoms with Gasteiger partial charge in [0.25, 0.3) is 5.91 Å². The van der Waals surface area contributed by atoms with Crippen molar-refractivity contribution in [3.8, 4) is 0 Å². The minimum absolute atomic E-state index is 0.198. The molecule has 1 aromatic rings. The highest BCUT2D eigenvalue weighted by Gasteiger charge is 2.13. The number of nitrogens with one attached hydrogen (secondary N) is 1. The van der Waals surface area contributed by atoms with E-state index in [9.17, 15) is 9.59 Å². The van der Waals surface area contributed by atoms with Gasteiger partial charge in [0.1, 0.15) is 5.69 Å². The molecular formula is C11H15BrN2O3. The third kappa shape index (κ3) is 3.89. The monoisotopic (exact) mass is 302 g/mol. The van der Waals surface area contributed by atoms with Crippen LogP contribution in [0, 0.1) is 5.92 Å². The molecule has 1 amide bonds. The van der Waals surface area contributed by atoms with Crippen LogP contribution in [0.1, 0.15) is 23.8 Å². The first-order valence-electron chi connectivity index (χ1n) is 5.24. The fourth-order valence-electron chi connectivity index (χ4n) is 1.37. The first kappa shape index (κ1) is 13.8. The maximum atomic E-state index is 11.7. The van der Waals surface area contributed by atoms with Crippen LogP contribution in [0.4, 0.5) is 0 Å². The lowest BCUT2D eigenvalue weighted by Crippen LogP contribution is -2.28. The van der Waals surface area contributed by atoms with E-state index in [2.05, 4.69) is 21.2 Å². The third-order valence-corrected chi connectivity index (χ3v) is 2.92. The SMILES string of the molecule is CC(CCNC(=O)c1cc(Br)cn1C)C(=O)O. The van der Waals surface area contributed by atoms with Gasteiger partial charge in [0.15, 0.2) is 0 Å². The van der Waals surface area contributed by atoms with Crippen LogP contribution in [-0.2, 0) is 11.8 Å². The molecule has 5 nitrogen and oxygen atoms in total. The molecule has 0 saturated carbocycles. The average Bonchev–Trinajstić information content (AvgIpc) is 2.57. The van der Waals surface area contributed by atoms with Crippen molar-refractivity contribution < 1.29 is 14.7 Å². The van der Waals surface area contributed by atoms with E-state index in [1.165, 1.54) is 0 Å². The summed E-state index contributed by atoms with van der Waals surface area (Å²) in [6.07, 6.45) is 2.21. The standard InChI is InChI=1S/C11H15BrN2O3/c1-7(11(16)17)3-4-13-10(15)9-5-8(12)6-14(9)2/h5-7H,3-4H2,1-2H3,(H,13,15)(H,16,17). The maximum absolute atomic E-state index is 11.7. The number of aromatic nitrogens is 1. The van der Waals surface area contributed by atoms with Crippen LogP contribution in [0.15, 0.2) is 16.7 Å². The van der Waals surface area contributed by atoms with Crippen molar-refractivity contribution in [2.24, 2.45) is 13.0 Å². The smallest absolute Gasteiger partial charge is 0.306 e. The highest BCUT2D eigenvalue weighted by atomic mass is 79.9. The van der Waals surface area contributed by atoms with E-state index in [0.717, 1.165) is 4.47 Å². The van der Waals surface area contributed by atoms with Gasteiger partial charge in [0, 0.05) is 24.3 Å². The van der Waals surface area contributed by atoms with Crippen molar-refractivity contribution in [1.29, 1.82) is 0 Å². The number of carbonyl (C=O) groups excluding carboxylic acids is 1. The third-order valence-electron chi connectivity index (χ3n) is 2.49. The molecule has 1 aromatic heterocycles. The number of aliphatic carboxylic acids is 1. The Morgan fingerprint density at radius 3 is 2.71 bits per heavy atom. The van der Waals surface area contributed by atoms with Crippen molar-refractivity contribution in [1.82, 2.24) is 9.88 Å². The summed E-state index contributed by atoms with van der Waals surface area (Å²) in [7, 11) is 1.78. The van der Waals surface area contributed by atoms with E-state index in [4.69, 9.17) is 5.11 Å². The topological polar surface area (TPSA) is 71.3 Å². The summed E-state index contributed by atoms with van der Waals surface area (Å²) in [6.45, 7) is 1.97. The Morgan fingerprint density at radius 1 is 1.59 bits per heavy atom. The number of hydrogen-bond acceptors (Lipinski definition) is 2. The van der Waals surface area contributed by atoms with Gasteiger partial charge in [-0.3, -0.25) is 9.59 Å². The van der Waals surface area contributed by atoms with Gasteiger partial charge < -0.3 is 15.0 Å². The van der Waals surface area contributed by atoms with E-state index in [-0.39, 0.29) is 5.91 Å². The van der Waals surface area contributed by atoms with Gasteiger partial charge >= 0.3 is 5.97 Å². The largest absolute Gasteiger partial charge is 0.481 e. The van der Waals surface area contributed by atoms with E-state index in [1.807, 2.05) is 0 Å². The molecule has 0 bridgehead atoms. The molecule has 0 saturated heterocycles. The van der Waals surface area contributed by atoms with Crippen LogP contribution in [0.3, 0.4) is 0 Å². The molecule has 2 N–H and O–H groups in total. The Bertz CT molecular complexity index is 428. The van der Waals surface area contributed by atoms with Crippen LogP contribution in [-0.4, -0.2) is 28.1 Å². The fourth-order valence-corrected chi connectivity index (χ4v) is 1.89. The van der Waals surface area contributed by atoms with E-state index < -0.39 is 11.9 Å². The van der Waals surface area contributed by atoms with Crippen LogP contribution in [0.5, 0.6) is 0 Å². The fraction of sp³-hybridized carbons (Fsp3) is 0.455. The average molecular weight is 303 g/mol. The molecule has 0 fully saturated rings. The number of rotatable bonds is 5. The highest BCUT2D eigenvalue weighted by molar-refractivity contribution is 9.10. The number of carbonyl (C=O) groups is 2. The zero-order valence-electron chi connectivity index (χ0n) is 9.74. The van der Waals surface area contributed by atoms with E-state index >= 15 is 0 Å². The minimum Gasteiger partial charge on any atom is -0.481 e. The van der Waals surface area contributed by atoms with Crippen molar-refractivity contribution in [2.75, 3.05) is 6.54 Å². The van der Waals surface area contributed by atoms with Crippen LogP contribution >= 0.6 is 15.9 Å². The molecule has 1 rings (SSSR count). The summed E-state index contributed by atoms with van der Waals surface area (Å²) in [5.74, 6) is -1.49. The maximum Gasteiger partial charge on any atom is 0.306 e. The quantitative estimate of drug-likeness (QED) is 0.868. The molecular weight excluding hydrogens is 288 g/mol. The van der Waals surface area contributed by atoms with Gasteiger partial charge in [-0.25, -0.2) is 0 Å². The molecule has 6 heteroatoms. The molecule has 0 aliphatic heterocycles. The molecule has 0 spiro atoms. The summed E-state index contributed by atoms with van der Waals surface area (Å²) in [4.78, 5) is 22.3. The van der Waals surface area contributed by atoms with Crippen LogP contribution in [0.2, 0.25) is 0 Å². The Balaban J connectivity index is 2.45. The second-order valence-electron chi connectivity index (χ2n) is 3.94. The molecule has 1 unspecified atom stereocenters. The Labute approximate surface area is 108 Å². The van der Waals surface area contributed by atoms with Crippen molar-refractivity contribution in [3.63, 3.8) is 0 Å². The van der Waals surface area contributed by atoms with Gasteiger partial charge in [0.2, 0.25) is 0 Å². The summed E-state index contributed by atoms with van der Waals surface area (Å²) in [6, 6.07) is 1.72. The lowest BCUT2D eigenvalue weighted by atomic mass is 10.1. The van der Waals surface area contributed by atoms with E-state index in [1.54, 1.807) is 30.8 Å². The highest BCUT2D eigenvalue weighted by Crippen LogP contribution is 2.13. The second kappa shape index (κ2) is 5.86. The zero-order chi connectivity index (χ0) is 13.0. The van der Waals surface area contributed by atoms with Gasteiger partial charge in [-0.1, -0.05) is 6.92 Å². The summed E-state index contributed by atoms with van der Waals surface area (Å²) in [5.41, 5.74) is 0.542. The van der Waals surface area contributed by atoms with Crippen molar-refractivity contribution in [3.05, 3.63) is 22.4 Å². The molecule has 0 aliphatic rings. The Kier molecular flexibility index (Phi) is 4.74. The summed E-state index contributed by atoms with van der Waals surface area (Å²) < 4.78 is 2.55. The number of aryl methyl sites for hydroxylation is 1. The second-order valence-corrected chi connectivity index (χ2v) is 4.85. The Hall–Kier alpha value is -1.30. The van der Waals surface area contributed by atoms with Crippen molar-refractivity contribution in [2.45, 2.75) is 13.3 Å². The number of amides is 1.